The van der Waals surface area contributed by atoms with Crippen molar-refractivity contribution in [3.05, 3.63) is 94.9 Å². The maximum Gasteiger partial charge on any atom is 0.294 e. The van der Waals surface area contributed by atoms with Crippen LogP contribution in [0.15, 0.2) is 83.8 Å². The molecule has 1 aliphatic heterocycles. The minimum Gasteiger partial charge on any atom is -0.490 e. The van der Waals surface area contributed by atoms with Gasteiger partial charge in [-0.1, -0.05) is 55.5 Å². The predicted octanol–water partition coefficient (Wildman–Crippen LogP) is 5.38. The molecule has 3 aromatic carbocycles. The number of ether oxygens (including phenoxy) is 2. The number of nitrogens with zero attached hydrogens (tertiary/aromatic N) is 1. The highest BCUT2D eigenvalue weighted by Crippen LogP contribution is 2.34. The first-order valence-corrected chi connectivity index (χ1v) is 12.4. The van der Waals surface area contributed by atoms with Crippen LogP contribution in [0.3, 0.4) is 0 Å². The molecule has 1 heterocycles. The van der Waals surface area contributed by atoms with Gasteiger partial charge in [0.1, 0.15) is 31.3 Å². The third-order valence-electron chi connectivity index (χ3n) is 5.38. The van der Waals surface area contributed by atoms with Crippen molar-refractivity contribution in [2.45, 2.75) is 13.3 Å². The summed E-state index contributed by atoms with van der Waals surface area (Å²) in [6.45, 7) is 2.35. The summed E-state index contributed by atoms with van der Waals surface area (Å²) in [5.41, 5.74) is 2.42. The van der Waals surface area contributed by atoms with E-state index >= 15 is 0 Å². The number of imide groups is 1. The highest BCUT2D eigenvalue weighted by atomic mass is 32.2. The normalized spacial score (nSPS) is 14.2. The number of benzene rings is 3. The molecular weight excluding hydrogens is 476 g/mol. The lowest BCUT2D eigenvalue weighted by Crippen LogP contribution is -2.36. The van der Waals surface area contributed by atoms with Crippen LogP contribution in [0.2, 0.25) is 0 Å². The third-order valence-corrected chi connectivity index (χ3v) is 6.29. The van der Waals surface area contributed by atoms with Gasteiger partial charge in [0, 0.05) is 11.3 Å². The number of rotatable bonds is 10. The van der Waals surface area contributed by atoms with Crippen LogP contribution in [0.1, 0.15) is 18.1 Å². The second-order valence-electron chi connectivity index (χ2n) is 7.91. The smallest absolute Gasteiger partial charge is 0.294 e. The Labute approximate surface area is 214 Å². The first kappa shape index (κ1) is 25.1. The second-order valence-corrected chi connectivity index (χ2v) is 8.91. The Morgan fingerprint density at radius 1 is 0.917 bits per heavy atom. The highest BCUT2D eigenvalue weighted by Gasteiger charge is 2.36. The lowest BCUT2D eigenvalue weighted by atomic mass is 10.1. The Hall–Kier alpha value is -4.04. The van der Waals surface area contributed by atoms with Crippen molar-refractivity contribution in [2.75, 3.05) is 25.1 Å². The lowest BCUT2D eigenvalue weighted by molar-refractivity contribution is -0.127. The van der Waals surface area contributed by atoms with Crippen molar-refractivity contribution in [2.24, 2.45) is 0 Å². The van der Waals surface area contributed by atoms with Gasteiger partial charge < -0.3 is 14.8 Å². The molecule has 0 aromatic heterocycles. The molecule has 7 nitrogen and oxygen atoms in total. The van der Waals surface area contributed by atoms with Crippen LogP contribution in [-0.2, 0) is 16.0 Å². The van der Waals surface area contributed by atoms with Gasteiger partial charge in [-0.2, -0.15) is 0 Å². The van der Waals surface area contributed by atoms with E-state index in [0.717, 1.165) is 34.4 Å². The predicted molar refractivity (Wildman–Crippen MR) is 141 cm³/mol. The van der Waals surface area contributed by atoms with E-state index in [9.17, 15) is 14.4 Å². The largest absolute Gasteiger partial charge is 0.490 e. The number of aryl methyl sites for hydroxylation is 1. The fourth-order valence-electron chi connectivity index (χ4n) is 3.50. The van der Waals surface area contributed by atoms with Gasteiger partial charge >= 0.3 is 0 Å². The van der Waals surface area contributed by atoms with E-state index in [2.05, 4.69) is 5.32 Å². The summed E-state index contributed by atoms with van der Waals surface area (Å²) in [4.78, 5) is 39.0. The van der Waals surface area contributed by atoms with Crippen molar-refractivity contribution in [1.82, 2.24) is 4.90 Å². The molecule has 0 radical (unpaired) electrons. The Kier molecular flexibility index (Phi) is 8.41. The van der Waals surface area contributed by atoms with Gasteiger partial charge in [0.2, 0.25) is 5.91 Å². The Balaban J connectivity index is 1.36. The van der Waals surface area contributed by atoms with Crippen molar-refractivity contribution in [3.63, 3.8) is 0 Å². The van der Waals surface area contributed by atoms with E-state index in [4.69, 9.17) is 9.47 Å². The molecule has 0 atom stereocenters. The number of amides is 3. The average Bonchev–Trinajstić information content (AvgIpc) is 3.15. The van der Waals surface area contributed by atoms with Gasteiger partial charge in [-0.15, -0.1) is 0 Å². The number of hydrogen-bond donors (Lipinski definition) is 1. The summed E-state index contributed by atoms with van der Waals surface area (Å²) < 4.78 is 11.5. The van der Waals surface area contributed by atoms with Crippen molar-refractivity contribution in [1.29, 1.82) is 0 Å². The Morgan fingerprint density at radius 2 is 1.61 bits per heavy atom. The number of thioether (sulfide) groups is 1. The third kappa shape index (κ3) is 6.55. The molecule has 1 saturated heterocycles. The standard InChI is InChI=1S/C28H26N2O5S/c1-2-20-12-14-22(15-13-20)29-26(31)19-30-27(32)25(36-28(30)33)18-21-8-6-7-11-24(21)35-17-16-34-23-9-4-3-5-10-23/h3-15,18H,2,16-17,19H2,1H3,(H,29,31)/b25-18+. The van der Waals surface area contributed by atoms with Gasteiger partial charge in [0.05, 0.1) is 4.91 Å². The highest BCUT2D eigenvalue weighted by molar-refractivity contribution is 8.18. The molecule has 4 rings (SSSR count). The minimum absolute atomic E-state index is 0.233. The van der Waals surface area contributed by atoms with Crippen LogP contribution >= 0.6 is 11.8 Å². The molecule has 36 heavy (non-hydrogen) atoms. The van der Waals surface area contributed by atoms with E-state index in [-0.39, 0.29) is 11.4 Å². The first-order valence-electron chi connectivity index (χ1n) is 11.6. The molecule has 0 saturated carbocycles. The zero-order chi connectivity index (χ0) is 25.3. The fraction of sp³-hybridized carbons (Fsp3) is 0.179. The maximum atomic E-state index is 12.9. The van der Waals surface area contributed by atoms with Crippen LogP contribution in [-0.4, -0.2) is 41.7 Å². The second kappa shape index (κ2) is 12.1. The molecule has 3 aromatic rings. The number of hydrogen-bond acceptors (Lipinski definition) is 6. The molecule has 1 fully saturated rings. The number of carbonyl (C=O) groups excluding carboxylic acids is 3. The van der Waals surface area contributed by atoms with Gasteiger partial charge in [-0.25, -0.2) is 0 Å². The van der Waals surface area contributed by atoms with Gasteiger partial charge in [-0.3, -0.25) is 19.3 Å². The molecule has 184 valence electrons. The molecule has 0 spiro atoms. The molecule has 8 heteroatoms. The van der Waals surface area contributed by atoms with Gasteiger partial charge in [-0.05, 0) is 60.2 Å². The van der Waals surface area contributed by atoms with E-state index in [1.807, 2.05) is 61.5 Å². The Morgan fingerprint density at radius 3 is 2.36 bits per heavy atom. The summed E-state index contributed by atoms with van der Waals surface area (Å²) in [6, 6.07) is 24.1. The number of para-hydroxylation sites is 2. The number of carbonyl (C=O) groups is 3. The minimum atomic E-state index is -0.510. The molecule has 1 N–H and O–H groups in total. The fourth-order valence-corrected chi connectivity index (χ4v) is 4.33. The van der Waals surface area contributed by atoms with E-state index in [0.29, 0.717) is 30.2 Å². The van der Waals surface area contributed by atoms with Crippen LogP contribution in [0.5, 0.6) is 11.5 Å². The van der Waals surface area contributed by atoms with Gasteiger partial charge in [0.15, 0.2) is 0 Å². The molecule has 1 aliphatic rings. The van der Waals surface area contributed by atoms with Crippen molar-refractivity contribution in [3.8, 4) is 11.5 Å². The molecule has 0 unspecified atom stereocenters. The topological polar surface area (TPSA) is 84.9 Å². The molecule has 0 aliphatic carbocycles. The number of anilines is 1. The summed E-state index contributed by atoms with van der Waals surface area (Å²) in [5.74, 6) is 0.368. The maximum absolute atomic E-state index is 12.9. The zero-order valence-corrected chi connectivity index (χ0v) is 20.6. The average molecular weight is 503 g/mol. The van der Waals surface area contributed by atoms with Crippen molar-refractivity contribution < 1.29 is 23.9 Å². The number of nitrogens with one attached hydrogen (secondary N) is 1. The van der Waals surface area contributed by atoms with E-state index in [1.54, 1.807) is 30.3 Å². The monoisotopic (exact) mass is 502 g/mol. The first-order chi connectivity index (χ1) is 17.5. The van der Waals surface area contributed by atoms with Gasteiger partial charge in [0.25, 0.3) is 11.1 Å². The summed E-state index contributed by atoms with van der Waals surface area (Å²) in [7, 11) is 0. The van der Waals surface area contributed by atoms with Crippen molar-refractivity contribution >= 4 is 40.6 Å². The molecular formula is C28H26N2O5S. The van der Waals surface area contributed by atoms with Crippen LogP contribution < -0.4 is 14.8 Å². The SMILES string of the molecule is CCc1ccc(NC(=O)CN2C(=O)S/C(=C/c3ccccc3OCCOc3ccccc3)C2=O)cc1. The van der Waals surface area contributed by atoms with Crippen LogP contribution in [0.4, 0.5) is 10.5 Å². The quantitative estimate of drug-likeness (QED) is 0.296. The van der Waals surface area contributed by atoms with Crippen LogP contribution in [0, 0.1) is 0 Å². The molecule has 0 bridgehead atoms. The summed E-state index contributed by atoms with van der Waals surface area (Å²) in [5, 5.41) is 2.24. The van der Waals surface area contributed by atoms with E-state index in [1.165, 1.54) is 0 Å². The van der Waals surface area contributed by atoms with E-state index < -0.39 is 17.1 Å². The lowest BCUT2D eigenvalue weighted by Gasteiger charge is -2.13. The zero-order valence-electron chi connectivity index (χ0n) is 19.8. The van der Waals surface area contributed by atoms with Crippen LogP contribution in [0.25, 0.3) is 6.08 Å². The molecule has 3 amide bonds. The Bertz CT molecular complexity index is 1260. The summed E-state index contributed by atoms with van der Waals surface area (Å²) in [6.07, 6.45) is 2.51. The summed E-state index contributed by atoms with van der Waals surface area (Å²) >= 11 is 0.802.